The minimum absolute atomic E-state index is 0.108. The van der Waals surface area contributed by atoms with Crippen molar-refractivity contribution in [3.63, 3.8) is 0 Å². The normalized spacial score (nSPS) is 20.7. The van der Waals surface area contributed by atoms with E-state index in [0.717, 1.165) is 5.92 Å². The van der Waals surface area contributed by atoms with E-state index in [1.165, 1.54) is 48.8 Å². The van der Waals surface area contributed by atoms with E-state index in [4.69, 9.17) is 9.47 Å². The number of benzene rings is 1. The summed E-state index contributed by atoms with van der Waals surface area (Å²) in [6.45, 7) is 1.36. The fraction of sp³-hybridized carbons (Fsp3) is 0.579. The molecule has 0 aliphatic heterocycles. The standard InChI is InChI=1S/C19H26O2/c1-20-13-19(14-21-2)12-11-17-16(9-6-10-18(17)19)15-7-4-3-5-8-15/h6,9-12,15H,3-5,7-8,13-14H2,1-2H3. The lowest BCUT2D eigenvalue weighted by atomic mass is 9.78. The first-order valence-corrected chi connectivity index (χ1v) is 8.11. The fourth-order valence-electron chi connectivity index (χ4n) is 4.11. The molecule has 0 amide bonds. The van der Waals surface area contributed by atoms with E-state index >= 15 is 0 Å². The minimum atomic E-state index is -0.108. The van der Waals surface area contributed by atoms with Gasteiger partial charge >= 0.3 is 0 Å². The van der Waals surface area contributed by atoms with Crippen LogP contribution in [0.4, 0.5) is 0 Å². The molecule has 0 aromatic heterocycles. The summed E-state index contributed by atoms with van der Waals surface area (Å²) in [5.74, 6) is 0.735. The molecular formula is C19H26O2. The molecular weight excluding hydrogens is 260 g/mol. The van der Waals surface area contributed by atoms with Gasteiger partial charge in [0.2, 0.25) is 0 Å². The second-order valence-corrected chi connectivity index (χ2v) is 6.50. The van der Waals surface area contributed by atoms with Gasteiger partial charge in [0.15, 0.2) is 0 Å². The highest BCUT2D eigenvalue weighted by Crippen LogP contribution is 2.43. The summed E-state index contributed by atoms with van der Waals surface area (Å²) in [5, 5.41) is 0. The Labute approximate surface area is 128 Å². The van der Waals surface area contributed by atoms with Crippen molar-refractivity contribution in [2.45, 2.75) is 43.4 Å². The summed E-state index contributed by atoms with van der Waals surface area (Å²) in [7, 11) is 3.54. The van der Waals surface area contributed by atoms with Crippen LogP contribution < -0.4 is 0 Å². The Hall–Kier alpha value is -1.12. The number of fused-ring (bicyclic) bond motifs is 1. The van der Waals surface area contributed by atoms with E-state index in [-0.39, 0.29) is 5.41 Å². The average Bonchev–Trinajstić information content (AvgIpc) is 2.88. The van der Waals surface area contributed by atoms with Gasteiger partial charge in [0.05, 0.1) is 18.6 Å². The van der Waals surface area contributed by atoms with E-state index in [2.05, 4.69) is 30.4 Å². The van der Waals surface area contributed by atoms with Crippen molar-refractivity contribution in [1.82, 2.24) is 0 Å². The lowest BCUT2D eigenvalue weighted by Gasteiger charge is -2.29. The summed E-state index contributed by atoms with van der Waals surface area (Å²) in [6.07, 6.45) is 11.4. The molecule has 2 aliphatic rings. The van der Waals surface area contributed by atoms with Crippen LogP contribution in [0, 0.1) is 0 Å². The third-order valence-corrected chi connectivity index (χ3v) is 5.09. The molecule has 0 bridgehead atoms. The molecule has 0 unspecified atom stereocenters. The summed E-state index contributed by atoms with van der Waals surface area (Å²) < 4.78 is 11.0. The van der Waals surface area contributed by atoms with Crippen LogP contribution in [-0.2, 0) is 14.9 Å². The Balaban J connectivity index is 1.98. The molecule has 0 heterocycles. The topological polar surface area (TPSA) is 18.5 Å². The van der Waals surface area contributed by atoms with Crippen molar-refractivity contribution < 1.29 is 9.47 Å². The fourth-order valence-corrected chi connectivity index (χ4v) is 4.11. The van der Waals surface area contributed by atoms with Crippen LogP contribution in [0.3, 0.4) is 0 Å². The zero-order valence-electron chi connectivity index (χ0n) is 13.2. The van der Waals surface area contributed by atoms with E-state index in [1.807, 2.05) is 0 Å². The van der Waals surface area contributed by atoms with Crippen molar-refractivity contribution in [3.05, 3.63) is 41.0 Å². The van der Waals surface area contributed by atoms with E-state index in [1.54, 1.807) is 14.2 Å². The lowest BCUT2D eigenvalue weighted by molar-refractivity contribution is 0.0845. The molecule has 1 aromatic rings. The Kier molecular flexibility index (Phi) is 4.46. The summed E-state index contributed by atoms with van der Waals surface area (Å²) >= 11 is 0. The molecule has 1 fully saturated rings. The van der Waals surface area contributed by atoms with Crippen molar-refractivity contribution >= 4 is 6.08 Å². The molecule has 114 valence electrons. The highest BCUT2D eigenvalue weighted by Gasteiger charge is 2.36. The van der Waals surface area contributed by atoms with Crippen molar-refractivity contribution in [2.75, 3.05) is 27.4 Å². The van der Waals surface area contributed by atoms with Crippen molar-refractivity contribution in [2.24, 2.45) is 0 Å². The second-order valence-electron chi connectivity index (χ2n) is 6.50. The van der Waals surface area contributed by atoms with Crippen LogP contribution in [0.5, 0.6) is 0 Å². The largest absolute Gasteiger partial charge is 0.383 e. The van der Waals surface area contributed by atoms with Crippen LogP contribution >= 0.6 is 0 Å². The zero-order chi connectivity index (χ0) is 14.7. The molecule has 0 spiro atoms. The number of hydrogen-bond donors (Lipinski definition) is 0. The van der Waals surface area contributed by atoms with Crippen molar-refractivity contribution in [3.8, 4) is 0 Å². The maximum Gasteiger partial charge on any atom is 0.0616 e. The van der Waals surface area contributed by atoms with Crippen LogP contribution in [0.15, 0.2) is 24.3 Å². The molecule has 2 aliphatic carbocycles. The molecule has 0 atom stereocenters. The maximum absolute atomic E-state index is 5.49. The quantitative estimate of drug-likeness (QED) is 0.804. The van der Waals surface area contributed by atoms with Gasteiger partial charge in [-0.3, -0.25) is 0 Å². The Morgan fingerprint density at radius 1 is 1.05 bits per heavy atom. The lowest BCUT2D eigenvalue weighted by Crippen LogP contribution is -2.33. The number of rotatable bonds is 5. The summed E-state index contributed by atoms with van der Waals surface area (Å²) in [5.41, 5.74) is 4.24. The summed E-state index contributed by atoms with van der Waals surface area (Å²) in [6, 6.07) is 6.80. The first kappa shape index (κ1) is 14.8. The smallest absolute Gasteiger partial charge is 0.0616 e. The molecule has 2 nitrogen and oxygen atoms in total. The average molecular weight is 286 g/mol. The number of hydrogen-bond acceptors (Lipinski definition) is 2. The van der Waals surface area contributed by atoms with Gasteiger partial charge < -0.3 is 9.47 Å². The van der Waals surface area contributed by atoms with Crippen LogP contribution in [0.25, 0.3) is 6.08 Å². The third-order valence-electron chi connectivity index (χ3n) is 5.09. The van der Waals surface area contributed by atoms with Crippen LogP contribution in [0.1, 0.15) is 54.7 Å². The number of ether oxygens (including phenoxy) is 2. The summed E-state index contributed by atoms with van der Waals surface area (Å²) in [4.78, 5) is 0. The first-order chi connectivity index (χ1) is 10.3. The SMILES string of the molecule is COCC1(COC)C=Cc2c(C3CCCCC3)cccc21. The molecule has 1 aromatic carbocycles. The zero-order valence-corrected chi connectivity index (χ0v) is 13.2. The Bertz CT molecular complexity index is 506. The molecule has 0 saturated heterocycles. The van der Waals surface area contributed by atoms with Gasteiger partial charge in [0, 0.05) is 14.2 Å². The van der Waals surface area contributed by atoms with Gasteiger partial charge in [-0.15, -0.1) is 0 Å². The molecule has 0 radical (unpaired) electrons. The Morgan fingerprint density at radius 3 is 2.43 bits per heavy atom. The van der Waals surface area contributed by atoms with Gasteiger partial charge in [-0.1, -0.05) is 49.6 Å². The highest BCUT2D eigenvalue weighted by molar-refractivity contribution is 5.69. The number of methoxy groups -OCH3 is 2. The predicted molar refractivity (Wildman–Crippen MR) is 86.7 cm³/mol. The van der Waals surface area contributed by atoms with Crippen LogP contribution in [-0.4, -0.2) is 27.4 Å². The van der Waals surface area contributed by atoms with E-state index in [0.29, 0.717) is 13.2 Å². The Morgan fingerprint density at radius 2 is 1.76 bits per heavy atom. The minimum Gasteiger partial charge on any atom is -0.383 e. The molecule has 3 rings (SSSR count). The van der Waals surface area contributed by atoms with Gasteiger partial charge in [0.1, 0.15) is 0 Å². The van der Waals surface area contributed by atoms with Gasteiger partial charge in [0.25, 0.3) is 0 Å². The van der Waals surface area contributed by atoms with Crippen molar-refractivity contribution in [1.29, 1.82) is 0 Å². The molecule has 0 N–H and O–H groups in total. The molecule has 21 heavy (non-hydrogen) atoms. The van der Waals surface area contributed by atoms with Gasteiger partial charge in [-0.25, -0.2) is 0 Å². The predicted octanol–water partition coefficient (Wildman–Crippen LogP) is 4.29. The van der Waals surface area contributed by atoms with Gasteiger partial charge in [-0.2, -0.15) is 0 Å². The highest BCUT2D eigenvalue weighted by atomic mass is 16.5. The maximum atomic E-state index is 5.49. The second kappa shape index (κ2) is 6.33. The van der Waals surface area contributed by atoms with E-state index in [9.17, 15) is 0 Å². The van der Waals surface area contributed by atoms with Crippen LogP contribution in [0.2, 0.25) is 0 Å². The van der Waals surface area contributed by atoms with E-state index < -0.39 is 0 Å². The first-order valence-electron chi connectivity index (χ1n) is 8.11. The van der Waals surface area contributed by atoms with Gasteiger partial charge in [-0.05, 0) is 35.4 Å². The molecule has 1 saturated carbocycles. The molecule has 2 heteroatoms. The third kappa shape index (κ3) is 2.67. The monoisotopic (exact) mass is 286 g/mol.